The average molecular weight is 204 g/mol. The van der Waals surface area contributed by atoms with Gasteiger partial charge in [-0.05, 0) is 44.4 Å². The van der Waals surface area contributed by atoms with Crippen LogP contribution in [0, 0.1) is 0 Å². The fourth-order valence-electron chi connectivity index (χ4n) is 2.45. The zero-order valence-corrected chi connectivity index (χ0v) is 9.23. The Labute approximate surface area is 92.1 Å². The summed E-state index contributed by atoms with van der Waals surface area (Å²) in [5.41, 5.74) is 7.03. The van der Waals surface area contributed by atoms with Crippen LogP contribution in [-0.2, 0) is 0 Å². The van der Waals surface area contributed by atoms with Crippen LogP contribution in [-0.4, -0.2) is 19.1 Å². The van der Waals surface area contributed by atoms with Gasteiger partial charge in [-0.3, -0.25) is 0 Å². The highest BCUT2D eigenvalue weighted by atomic mass is 15.2. The maximum absolute atomic E-state index is 5.67. The number of rotatable bonds is 3. The minimum atomic E-state index is 0.658. The van der Waals surface area contributed by atoms with E-state index in [4.69, 9.17) is 5.73 Å². The molecule has 0 amide bonds. The molecule has 1 heterocycles. The molecular weight excluding hydrogens is 184 g/mol. The Kier molecular flexibility index (Phi) is 3.62. The molecule has 0 spiro atoms. The van der Waals surface area contributed by atoms with Crippen molar-refractivity contribution in [1.29, 1.82) is 0 Å². The van der Waals surface area contributed by atoms with Crippen LogP contribution in [0.15, 0.2) is 30.3 Å². The fraction of sp³-hybridized carbons (Fsp3) is 0.538. The van der Waals surface area contributed by atoms with E-state index in [-0.39, 0.29) is 0 Å². The van der Waals surface area contributed by atoms with Crippen LogP contribution in [0.4, 0.5) is 5.69 Å². The van der Waals surface area contributed by atoms with E-state index in [1.165, 1.54) is 31.5 Å². The summed E-state index contributed by atoms with van der Waals surface area (Å²) in [6, 6.07) is 11.4. The van der Waals surface area contributed by atoms with Gasteiger partial charge in [0.05, 0.1) is 0 Å². The zero-order chi connectivity index (χ0) is 10.5. The monoisotopic (exact) mass is 204 g/mol. The number of anilines is 1. The summed E-state index contributed by atoms with van der Waals surface area (Å²) >= 11 is 0. The third-order valence-corrected chi connectivity index (χ3v) is 3.21. The lowest BCUT2D eigenvalue weighted by molar-refractivity contribution is 0.442. The number of piperidine rings is 1. The van der Waals surface area contributed by atoms with Gasteiger partial charge >= 0.3 is 0 Å². The number of para-hydroxylation sites is 1. The largest absolute Gasteiger partial charge is 0.369 e. The molecule has 1 aromatic carbocycles. The number of nitrogens with two attached hydrogens (primary N) is 1. The van der Waals surface area contributed by atoms with Crippen LogP contribution < -0.4 is 10.6 Å². The number of hydrogen-bond acceptors (Lipinski definition) is 2. The van der Waals surface area contributed by atoms with Crippen molar-refractivity contribution in [1.82, 2.24) is 0 Å². The van der Waals surface area contributed by atoms with Gasteiger partial charge in [-0.25, -0.2) is 0 Å². The highest BCUT2D eigenvalue weighted by Crippen LogP contribution is 2.25. The molecule has 1 aromatic rings. The van der Waals surface area contributed by atoms with Gasteiger partial charge in [0.15, 0.2) is 0 Å². The normalized spacial score (nSPS) is 21.7. The molecule has 0 bridgehead atoms. The standard InChI is InChI=1S/C13H20N2/c14-10-9-13-8-4-5-11-15(13)12-6-2-1-3-7-12/h1-3,6-7,13H,4-5,8-11,14H2. The molecular formula is C13H20N2. The van der Waals surface area contributed by atoms with Gasteiger partial charge in [-0.15, -0.1) is 0 Å². The van der Waals surface area contributed by atoms with Crippen LogP contribution in [0.25, 0.3) is 0 Å². The molecule has 2 N–H and O–H groups in total. The van der Waals surface area contributed by atoms with Gasteiger partial charge in [0, 0.05) is 18.3 Å². The smallest absolute Gasteiger partial charge is 0.0368 e. The number of hydrogen-bond donors (Lipinski definition) is 1. The summed E-state index contributed by atoms with van der Waals surface area (Å²) in [6.07, 6.45) is 5.09. The molecule has 1 unspecified atom stereocenters. The van der Waals surface area contributed by atoms with E-state index in [0.717, 1.165) is 13.0 Å². The Morgan fingerprint density at radius 2 is 2.00 bits per heavy atom. The maximum Gasteiger partial charge on any atom is 0.0368 e. The molecule has 1 atom stereocenters. The van der Waals surface area contributed by atoms with E-state index in [1.54, 1.807) is 0 Å². The van der Waals surface area contributed by atoms with Gasteiger partial charge in [0.25, 0.3) is 0 Å². The van der Waals surface area contributed by atoms with E-state index in [0.29, 0.717) is 6.04 Å². The minimum absolute atomic E-state index is 0.658. The molecule has 0 aromatic heterocycles. The Balaban J connectivity index is 2.11. The van der Waals surface area contributed by atoms with Crippen molar-refractivity contribution in [3.8, 4) is 0 Å². The lowest BCUT2D eigenvalue weighted by Crippen LogP contribution is -2.40. The summed E-state index contributed by atoms with van der Waals surface area (Å²) in [5, 5.41) is 0. The second kappa shape index (κ2) is 5.17. The molecule has 2 rings (SSSR count). The third kappa shape index (κ3) is 2.51. The highest BCUT2D eigenvalue weighted by molar-refractivity contribution is 5.47. The lowest BCUT2D eigenvalue weighted by Gasteiger charge is -2.37. The third-order valence-electron chi connectivity index (χ3n) is 3.21. The Bertz CT molecular complexity index is 282. The average Bonchev–Trinajstić information content (AvgIpc) is 2.31. The van der Waals surface area contributed by atoms with Gasteiger partial charge in [-0.1, -0.05) is 18.2 Å². The van der Waals surface area contributed by atoms with Crippen LogP contribution in [0.2, 0.25) is 0 Å². The van der Waals surface area contributed by atoms with Crippen LogP contribution >= 0.6 is 0 Å². The van der Waals surface area contributed by atoms with Crippen molar-refractivity contribution < 1.29 is 0 Å². The van der Waals surface area contributed by atoms with E-state index < -0.39 is 0 Å². The summed E-state index contributed by atoms with van der Waals surface area (Å²) in [4.78, 5) is 2.52. The van der Waals surface area contributed by atoms with Crippen molar-refractivity contribution in [2.24, 2.45) is 5.73 Å². The van der Waals surface area contributed by atoms with Gasteiger partial charge in [-0.2, -0.15) is 0 Å². The SMILES string of the molecule is NCCC1CCCCN1c1ccccc1. The molecule has 0 radical (unpaired) electrons. The predicted octanol–water partition coefficient (Wildman–Crippen LogP) is 2.39. The molecule has 1 aliphatic rings. The summed E-state index contributed by atoms with van der Waals surface area (Å²) in [6.45, 7) is 1.99. The molecule has 0 saturated carbocycles. The summed E-state index contributed by atoms with van der Waals surface area (Å²) < 4.78 is 0. The molecule has 0 aliphatic carbocycles. The Morgan fingerprint density at radius 3 is 2.73 bits per heavy atom. The molecule has 1 fully saturated rings. The quantitative estimate of drug-likeness (QED) is 0.819. The Hall–Kier alpha value is -1.02. The van der Waals surface area contributed by atoms with Crippen molar-refractivity contribution in [2.45, 2.75) is 31.7 Å². The maximum atomic E-state index is 5.67. The molecule has 2 nitrogen and oxygen atoms in total. The predicted molar refractivity (Wildman–Crippen MR) is 65.1 cm³/mol. The Morgan fingerprint density at radius 1 is 1.20 bits per heavy atom. The van der Waals surface area contributed by atoms with Crippen molar-refractivity contribution >= 4 is 5.69 Å². The van der Waals surface area contributed by atoms with Crippen LogP contribution in [0.3, 0.4) is 0 Å². The second-order valence-corrected chi connectivity index (χ2v) is 4.26. The first-order valence-electron chi connectivity index (χ1n) is 5.93. The van der Waals surface area contributed by atoms with Gasteiger partial charge in [0.2, 0.25) is 0 Å². The second-order valence-electron chi connectivity index (χ2n) is 4.26. The number of benzene rings is 1. The van der Waals surface area contributed by atoms with E-state index in [9.17, 15) is 0 Å². The van der Waals surface area contributed by atoms with Crippen LogP contribution in [0.5, 0.6) is 0 Å². The topological polar surface area (TPSA) is 29.3 Å². The van der Waals surface area contributed by atoms with Crippen molar-refractivity contribution in [3.63, 3.8) is 0 Å². The van der Waals surface area contributed by atoms with Gasteiger partial charge in [0.1, 0.15) is 0 Å². The zero-order valence-electron chi connectivity index (χ0n) is 9.23. The first-order chi connectivity index (χ1) is 7.42. The molecule has 2 heteroatoms. The van der Waals surface area contributed by atoms with Crippen molar-refractivity contribution in [3.05, 3.63) is 30.3 Å². The fourth-order valence-corrected chi connectivity index (χ4v) is 2.45. The first-order valence-corrected chi connectivity index (χ1v) is 5.93. The summed E-state index contributed by atoms with van der Waals surface area (Å²) in [7, 11) is 0. The number of nitrogens with zero attached hydrogens (tertiary/aromatic N) is 1. The molecule has 15 heavy (non-hydrogen) atoms. The lowest BCUT2D eigenvalue weighted by atomic mass is 9.98. The van der Waals surface area contributed by atoms with Crippen molar-refractivity contribution in [2.75, 3.05) is 18.0 Å². The molecule has 1 saturated heterocycles. The minimum Gasteiger partial charge on any atom is -0.369 e. The summed E-state index contributed by atoms with van der Waals surface area (Å²) in [5.74, 6) is 0. The molecule has 82 valence electrons. The van der Waals surface area contributed by atoms with E-state index in [1.807, 2.05) is 0 Å². The van der Waals surface area contributed by atoms with E-state index >= 15 is 0 Å². The molecule has 1 aliphatic heterocycles. The van der Waals surface area contributed by atoms with E-state index in [2.05, 4.69) is 35.2 Å². The first kappa shape index (κ1) is 10.5. The highest BCUT2D eigenvalue weighted by Gasteiger charge is 2.21. The van der Waals surface area contributed by atoms with Crippen LogP contribution in [0.1, 0.15) is 25.7 Å². The van der Waals surface area contributed by atoms with Gasteiger partial charge < -0.3 is 10.6 Å².